The van der Waals surface area contributed by atoms with E-state index in [0.29, 0.717) is 5.56 Å². The number of hydrogen-bond acceptors (Lipinski definition) is 4. The van der Waals surface area contributed by atoms with E-state index in [1.807, 2.05) is 77.7 Å². The van der Waals surface area contributed by atoms with Gasteiger partial charge in [0.25, 0.3) is 0 Å². The maximum Gasteiger partial charge on any atom is 0.198 e. The predicted octanol–water partition coefficient (Wildman–Crippen LogP) is 4.47. The van der Waals surface area contributed by atoms with E-state index in [1.165, 1.54) is 6.92 Å². The van der Waals surface area contributed by atoms with Gasteiger partial charge in [-0.05, 0) is 36.8 Å². The Hall–Kier alpha value is -3.40. The Morgan fingerprint density at radius 1 is 0.857 bits per heavy atom. The molecule has 140 valence electrons. The van der Waals surface area contributed by atoms with Gasteiger partial charge in [-0.1, -0.05) is 60.7 Å². The highest BCUT2D eigenvalue weighted by Crippen LogP contribution is 2.58. The molecule has 1 saturated heterocycles. The number of methoxy groups -OCH3 is 1. The number of Topliss-reactive ketones (excluding diaryl/α,β-unsaturated/α-hetero) is 2. The van der Waals surface area contributed by atoms with Gasteiger partial charge in [-0.2, -0.15) is 0 Å². The van der Waals surface area contributed by atoms with Crippen molar-refractivity contribution in [1.82, 2.24) is 0 Å². The van der Waals surface area contributed by atoms with E-state index in [1.54, 1.807) is 19.2 Å². The summed E-state index contributed by atoms with van der Waals surface area (Å²) in [5.74, 6) is 0.390. The fourth-order valence-electron chi connectivity index (χ4n) is 3.98. The van der Waals surface area contributed by atoms with Gasteiger partial charge >= 0.3 is 0 Å². The van der Waals surface area contributed by atoms with Gasteiger partial charge in [-0.15, -0.1) is 0 Å². The SMILES string of the molecule is COc1ccc(N2[C@H](c3ccccc3)[C@]2(C(C)=O)C(=O)c2ccccc2)cc1. The fourth-order valence-corrected chi connectivity index (χ4v) is 3.98. The van der Waals surface area contributed by atoms with Gasteiger partial charge in [0.2, 0.25) is 0 Å². The highest BCUT2D eigenvalue weighted by molar-refractivity contribution is 6.26. The zero-order chi connectivity index (χ0) is 19.7. The Kier molecular flexibility index (Phi) is 4.47. The molecule has 0 aliphatic carbocycles. The Labute approximate surface area is 164 Å². The Morgan fingerprint density at radius 2 is 1.43 bits per heavy atom. The van der Waals surface area contributed by atoms with Gasteiger partial charge < -0.3 is 9.64 Å². The van der Waals surface area contributed by atoms with Crippen LogP contribution in [0, 0.1) is 0 Å². The monoisotopic (exact) mass is 371 g/mol. The highest BCUT2D eigenvalue weighted by Gasteiger charge is 2.71. The number of ketones is 2. The first-order valence-corrected chi connectivity index (χ1v) is 9.20. The Balaban J connectivity index is 1.85. The summed E-state index contributed by atoms with van der Waals surface area (Å²) in [5.41, 5.74) is 1.05. The van der Waals surface area contributed by atoms with Gasteiger partial charge in [-0.25, -0.2) is 0 Å². The van der Waals surface area contributed by atoms with Crippen LogP contribution in [0.5, 0.6) is 5.75 Å². The number of nitrogens with zero attached hydrogens (tertiary/aromatic N) is 1. The molecule has 0 aromatic heterocycles. The van der Waals surface area contributed by atoms with Crippen LogP contribution in [0.15, 0.2) is 84.9 Å². The second kappa shape index (κ2) is 6.97. The Bertz CT molecular complexity index is 999. The summed E-state index contributed by atoms with van der Waals surface area (Å²) in [6.07, 6.45) is 0. The van der Waals surface area contributed by atoms with Crippen molar-refractivity contribution in [2.75, 3.05) is 12.0 Å². The average molecular weight is 371 g/mol. The second-order valence-corrected chi connectivity index (χ2v) is 6.90. The van der Waals surface area contributed by atoms with Crippen molar-refractivity contribution in [1.29, 1.82) is 0 Å². The van der Waals surface area contributed by atoms with Crippen LogP contribution >= 0.6 is 0 Å². The van der Waals surface area contributed by atoms with Crippen LogP contribution in [-0.2, 0) is 4.79 Å². The van der Waals surface area contributed by atoms with Crippen molar-refractivity contribution in [3.63, 3.8) is 0 Å². The van der Waals surface area contributed by atoms with Crippen molar-refractivity contribution in [2.45, 2.75) is 18.5 Å². The average Bonchev–Trinajstić information content (AvgIpc) is 3.46. The number of benzene rings is 3. The molecule has 3 aromatic carbocycles. The van der Waals surface area contributed by atoms with E-state index in [9.17, 15) is 9.59 Å². The lowest BCUT2D eigenvalue weighted by molar-refractivity contribution is -0.118. The standard InChI is InChI=1S/C24H21NO3/c1-17(26)24(23(27)19-11-7-4-8-12-19)22(18-9-5-3-6-10-18)25(24)20-13-15-21(28-2)16-14-20/h3-16,22H,1-2H3/t22-,24-,25?/m1/s1. The molecule has 2 atom stereocenters. The van der Waals surface area contributed by atoms with Gasteiger partial charge in [-0.3, -0.25) is 9.59 Å². The predicted molar refractivity (Wildman–Crippen MR) is 109 cm³/mol. The number of ether oxygens (including phenoxy) is 1. The summed E-state index contributed by atoms with van der Waals surface area (Å²) in [4.78, 5) is 28.4. The molecule has 0 unspecified atom stereocenters. The number of carbonyl (C=O) groups is 2. The normalized spacial score (nSPS) is 20.5. The molecule has 0 amide bonds. The minimum absolute atomic E-state index is 0.161. The zero-order valence-corrected chi connectivity index (χ0v) is 15.8. The molecule has 4 rings (SSSR count). The zero-order valence-electron chi connectivity index (χ0n) is 15.8. The summed E-state index contributed by atoms with van der Waals surface area (Å²) in [5, 5.41) is 0. The molecule has 0 saturated carbocycles. The van der Waals surface area contributed by atoms with E-state index in [0.717, 1.165) is 17.0 Å². The summed E-state index contributed by atoms with van der Waals surface area (Å²) in [7, 11) is 1.61. The molecule has 3 aromatic rings. The number of carbonyl (C=O) groups excluding carboxylic acids is 2. The topological polar surface area (TPSA) is 46.4 Å². The van der Waals surface area contributed by atoms with Crippen molar-refractivity contribution in [2.24, 2.45) is 0 Å². The maximum atomic E-state index is 13.6. The number of anilines is 1. The minimum Gasteiger partial charge on any atom is -0.497 e. The van der Waals surface area contributed by atoms with E-state index < -0.39 is 5.54 Å². The first kappa shape index (κ1) is 18.0. The minimum atomic E-state index is -1.24. The van der Waals surface area contributed by atoms with Crippen molar-refractivity contribution >= 4 is 17.3 Å². The number of rotatable bonds is 6. The first-order valence-electron chi connectivity index (χ1n) is 9.20. The first-order chi connectivity index (χ1) is 13.6. The summed E-state index contributed by atoms with van der Waals surface area (Å²) in [6.45, 7) is 1.50. The molecule has 1 aliphatic rings. The lowest BCUT2D eigenvalue weighted by atomic mass is 9.88. The van der Waals surface area contributed by atoms with Gasteiger partial charge in [0, 0.05) is 11.3 Å². The molecular formula is C24H21NO3. The molecule has 1 heterocycles. The van der Waals surface area contributed by atoms with Crippen LogP contribution in [0.2, 0.25) is 0 Å². The molecule has 0 bridgehead atoms. The molecular weight excluding hydrogens is 350 g/mol. The van der Waals surface area contributed by atoms with Crippen LogP contribution < -0.4 is 9.64 Å². The molecule has 0 N–H and O–H groups in total. The summed E-state index contributed by atoms with van der Waals surface area (Å²) >= 11 is 0. The maximum absolute atomic E-state index is 13.6. The van der Waals surface area contributed by atoms with Crippen molar-refractivity contribution in [3.8, 4) is 5.75 Å². The molecule has 4 nitrogen and oxygen atoms in total. The largest absolute Gasteiger partial charge is 0.497 e. The van der Waals surface area contributed by atoms with Crippen LogP contribution in [0.3, 0.4) is 0 Å². The molecule has 4 heteroatoms. The van der Waals surface area contributed by atoms with Crippen molar-refractivity contribution in [3.05, 3.63) is 96.1 Å². The van der Waals surface area contributed by atoms with Gasteiger partial charge in [0.05, 0.1) is 13.2 Å². The van der Waals surface area contributed by atoms with Gasteiger partial charge in [0.1, 0.15) is 5.75 Å². The smallest absolute Gasteiger partial charge is 0.198 e. The third-order valence-electron chi connectivity index (χ3n) is 5.35. The highest BCUT2D eigenvalue weighted by atomic mass is 16.5. The Morgan fingerprint density at radius 3 is 1.96 bits per heavy atom. The third-order valence-corrected chi connectivity index (χ3v) is 5.35. The van der Waals surface area contributed by atoms with Crippen LogP contribution in [0.1, 0.15) is 28.9 Å². The van der Waals surface area contributed by atoms with E-state index >= 15 is 0 Å². The van der Waals surface area contributed by atoms with E-state index in [-0.39, 0.29) is 17.6 Å². The van der Waals surface area contributed by atoms with Gasteiger partial charge in [0.15, 0.2) is 17.1 Å². The quantitative estimate of drug-likeness (QED) is 0.364. The summed E-state index contributed by atoms with van der Waals surface area (Å²) in [6, 6.07) is 25.8. The molecule has 1 aliphatic heterocycles. The summed E-state index contributed by atoms with van der Waals surface area (Å²) < 4.78 is 5.24. The lowest BCUT2D eigenvalue weighted by Crippen LogP contribution is -2.37. The molecule has 28 heavy (non-hydrogen) atoms. The third kappa shape index (κ3) is 2.69. The van der Waals surface area contributed by atoms with Crippen LogP contribution in [0.25, 0.3) is 0 Å². The lowest BCUT2D eigenvalue weighted by Gasteiger charge is -2.15. The van der Waals surface area contributed by atoms with Crippen molar-refractivity contribution < 1.29 is 14.3 Å². The van der Waals surface area contributed by atoms with E-state index in [4.69, 9.17) is 4.74 Å². The molecule has 0 radical (unpaired) electrons. The number of hydrogen-bond donors (Lipinski definition) is 0. The molecule has 1 fully saturated rings. The van der Waals surface area contributed by atoms with Crippen LogP contribution in [-0.4, -0.2) is 24.2 Å². The van der Waals surface area contributed by atoms with Crippen LogP contribution in [0.4, 0.5) is 5.69 Å². The molecule has 0 spiro atoms. The van der Waals surface area contributed by atoms with E-state index in [2.05, 4.69) is 0 Å². The second-order valence-electron chi connectivity index (χ2n) is 6.90. The fraction of sp³-hybridized carbons (Fsp3) is 0.167.